The molecular weight excluding hydrogens is 268 g/mol. The molecular formula is C15H20N4O2. The Bertz CT molecular complexity index is 622. The largest absolute Gasteiger partial charge is 0.395 e. The van der Waals surface area contributed by atoms with Crippen molar-refractivity contribution in [1.29, 1.82) is 0 Å². The second kappa shape index (κ2) is 6.41. The Morgan fingerprint density at radius 2 is 2.10 bits per heavy atom. The number of aryl methyl sites for hydroxylation is 2. The van der Waals surface area contributed by atoms with E-state index in [0.717, 1.165) is 5.56 Å². The highest BCUT2D eigenvalue weighted by molar-refractivity contribution is 5.98. The number of anilines is 1. The van der Waals surface area contributed by atoms with Crippen LogP contribution < -0.4 is 11.1 Å². The van der Waals surface area contributed by atoms with Gasteiger partial charge in [0, 0.05) is 7.05 Å². The van der Waals surface area contributed by atoms with E-state index in [1.165, 1.54) is 4.68 Å². The molecule has 0 bridgehead atoms. The summed E-state index contributed by atoms with van der Waals surface area (Å²) in [7, 11) is 1.68. The second-order valence-electron chi connectivity index (χ2n) is 4.81. The molecule has 1 amide bonds. The molecule has 4 N–H and O–H groups in total. The fraction of sp³-hybridized carbons (Fsp3) is 0.333. The Morgan fingerprint density at radius 3 is 2.62 bits per heavy atom. The van der Waals surface area contributed by atoms with E-state index >= 15 is 0 Å². The van der Waals surface area contributed by atoms with Gasteiger partial charge in [0.05, 0.1) is 24.0 Å². The highest BCUT2D eigenvalue weighted by atomic mass is 16.3. The lowest BCUT2D eigenvalue weighted by atomic mass is 10.1. The molecule has 6 heteroatoms. The minimum absolute atomic E-state index is 0.186. The first-order valence-corrected chi connectivity index (χ1v) is 6.86. The second-order valence-corrected chi connectivity index (χ2v) is 4.81. The Morgan fingerprint density at radius 1 is 1.43 bits per heavy atom. The van der Waals surface area contributed by atoms with Gasteiger partial charge in [-0.3, -0.25) is 9.48 Å². The lowest BCUT2D eigenvalue weighted by Gasteiger charge is -2.17. The number of amides is 1. The maximum atomic E-state index is 12.4. The third-order valence-electron chi connectivity index (χ3n) is 3.40. The summed E-state index contributed by atoms with van der Waals surface area (Å²) in [4.78, 5) is 12.4. The molecule has 112 valence electrons. The minimum atomic E-state index is -0.474. The number of nitrogens with two attached hydrogens (primary N) is 1. The summed E-state index contributed by atoms with van der Waals surface area (Å²) in [5.41, 5.74) is 8.21. The third kappa shape index (κ3) is 3.05. The van der Waals surface area contributed by atoms with Crippen LogP contribution >= 0.6 is 0 Å². The van der Waals surface area contributed by atoms with E-state index in [-0.39, 0.29) is 12.5 Å². The topological polar surface area (TPSA) is 93.2 Å². The summed E-state index contributed by atoms with van der Waals surface area (Å²) in [6, 6.07) is 8.83. The van der Waals surface area contributed by atoms with Gasteiger partial charge in [-0.05, 0) is 12.0 Å². The van der Waals surface area contributed by atoms with Gasteiger partial charge in [-0.1, -0.05) is 37.3 Å². The number of aliphatic hydroxyl groups excluding tert-OH is 1. The first kappa shape index (κ1) is 15.1. The highest BCUT2D eigenvalue weighted by Crippen LogP contribution is 2.19. The number of nitrogen functional groups attached to an aromatic ring is 1. The van der Waals surface area contributed by atoms with Crippen molar-refractivity contribution in [2.24, 2.45) is 7.05 Å². The minimum Gasteiger partial charge on any atom is -0.395 e. The van der Waals surface area contributed by atoms with Crippen molar-refractivity contribution in [2.45, 2.75) is 19.4 Å². The lowest BCUT2D eigenvalue weighted by molar-refractivity contribution is 0.0907. The lowest BCUT2D eigenvalue weighted by Crippen LogP contribution is -2.32. The van der Waals surface area contributed by atoms with Crippen LogP contribution in [0.2, 0.25) is 0 Å². The molecule has 1 heterocycles. The number of carbonyl (C=O) groups is 1. The molecule has 0 aliphatic rings. The van der Waals surface area contributed by atoms with Gasteiger partial charge in [0.15, 0.2) is 0 Å². The molecule has 0 saturated carbocycles. The Labute approximate surface area is 123 Å². The molecule has 0 aliphatic carbocycles. The zero-order chi connectivity index (χ0) is 15.4. The molecule has 1 unspecified atom stereocenters. The van der Waals surface area contributed by atoms with E-state index in [4.69, 9.17) is 5.73 Å². The van der Waals surface area contributed by atoms with Gasteiger partial charge in [0.2, 0.25) is 0 Å². The van der Waals surface area contributed by atoms with E-state index in [9.17, 15) is 9.90 Å². The predicted molar refractivity (Wildman–Crippen MR) is 80.7 cm³/mol. The SMILES string of the molecule is CCc1nn(C)c(C(=O)NC(CO)c2ccccc2)c1N. The van der Waals surface area contributed by atoms with Crippen LogP contribution in [0, 0.1) is 0 Å². The fourth-order valence-corrected chi connectivity index (χ4v) is 2.27. The molecule has 1 aromatic carbocycles. The first-order chi connectivity index (χ1) is 10.1. The normalized spacial score (nSPS) is 12.1. The first-order valence-electron chi connectivity index (χ1n) is 6.86. The van der Waals surface area contributed by atoms with Crippen molar-refractivity contribution in [1.82, 2.24) is 15.1 Å². The van der Waals surface area contributed by atoms with Crippen LogP contribution in [0.5, 0.6) is 0 Å². The number of hydrogen-bond acceptors (Lipinski definition) is 4. The van der Waals surface area contributed by atoms with Crippen molar-refractivity contribution < 1.29 is 9.90 Å². The van der Waals surface area contributed by atoms with Crippen LogP contribution in [-0.2, 0) is 13.5 Å². The Kier molecular flexibility index (Phi) is 4.59. The molecule has 1 aromatic heterocycles. The summed E-state index contributed by atoms with van der Waals surface area (Å²) in [5.74, 6) is -0.342. The number of rotatable bonds is 5. The molecule has 2 rings (SSSR count). The van der Waals surface area contributed by atoms with Crippen LogP contribution in [0.1, 0.15) is 34.7 Å². The number of hydrogen-bond donors (Lipinski definition) is 3. The summed E-state index contributed by atoms with van der Waals surface area (Å²) in [6.07, 6.45) is 0.662. The molecule has 0 radical (unpaired) electrons. The third-order valence-corrected chi connectivity index (χ3v) is 3.40. The van der Waals surface area contributed by atoms with Gasteiger partial charge < -0.3 is 16.2 Å². The molecule has 2 aromatic rings. The molecule has 0 aliphatic heterocycles. The van der Waals surface area contributed by atoms with Gasteiger partial charge in [-0.15, -0.1) is 0 Å². The average molecular weight is 288 g/mol. The van der Waals surface area contributed by atoms with Gasteiger partial charge in [-0.25, -0.2) is 0 Å². The van der Waals surface area contributed by atoms with Crippen molar-refractivity contribution in [3.63, 3.8) is 0 Å². The van der Waals surface area contributed by atoms with E-state index in [0.29, 0.717) is 23.5 Å². The summed E-state index contributed by atoms with van der Waals surface area (Å²) >= 11 is 0. The van der Waals surface area contributed by atoms with E-state index < -0.39 is 6.04 Å². The molecule has 1 atom stereocenters. The molecule has 0 saturated heterocycles. The number of aliphatic hydroxyl groups is 1. The number of nitrogens with zero attached hydrogens (tertiary/aromatic N) is 2. The maximum Gasteiger partial charge on any atom is 0.272 e. The quantitative estimate of drug-likeness (QED) is 0.766. The van der Waals surface area contributed by atoms with Gasteiger partial charge in [-0.2, -0.15) is 5.10 Å². The van der Waals surface area contributed by atoms with Crippen LogP contribution in [-0.4, -0.2) is 27.4 Å². The van der Waals surface area contributed by atoms with E-state index in [2.05, 4.69) is 10.4 Å². The smallest absolute Gasteiger partial charge is 0.272 e. The van der Waals surface area contributed by atoms with E-state index in [1.54, 1.807) is 7.05 Å². The molecule has 0 spiro atoms. The van der Waals surface area contributed by atoms with Crippen LogP contribution in [0.3, 0.4) is 0 Å². The van der Waals surface area contributed by atoms with Crippen molar-refractivity contribution in [3.8, 4) is 0 Å². The van der Waals surface area contributed by atoms with E-state index in [1.807, 2.05) is 37.3 Å². The Hall–Kier alpha value is -2.34. The van der Waals surface area contributed by atoms with Gasteiger partial charge in [0.25, 0.3) is 5.91 Å². The van der Waals surface area contributed by atoms with Crippen molar-refractivity contribution in [3.05, 3.63) is 47.3 Å². The van der Waals surface area contributed by atoms with Crippen molar-refractivity contribution >= 4 is 11.6 Å². The van der Waals surface area contributed by atoms with Crippen LogP contribution in [0.15, 0.2) is 30.3 Å². The van der Waals surface area contributed by atoms with Crippen LogP contribution in [0.25, 0.3) is 0 Å². The average Bonchev–Trinajstić information content (AvgIpc) is 2.79. The zero-order valence-electron chi connectivity index (χ0n) is 12.2. The molecule has 21 heavy (non-hydrogen) atoms. The summed E-state index contributed by atoms with van der Waals surface area (Å²) in [6.45, 7) is 1.75. The number of aromatic nitrogens is 2. The van der Waals surface area contributed by atoms with Crippen molar-refractivity contribution in [2.75, 3.05) is 12.3 Å². The molecule has 0 fully saturated rings. The molecule has 6 nitrogen and oxygen atoms in total. The Balaban J connectivity index is 2.23. The number of benzene rings is 1. The standard InChI is InChI=1S/C15H20N4O2/c1-3-11-13(16)14(19(2)18-11)15(21)17-12(9-20)10-7-5-4-6-8-10/h4-8,12,20H,3,9,16H2,1-2H3,(H,17,21). The predicted octanol–water partition coefficient (Wildman–Crippen LogP) is 1.03. The fourth-order valence-electron chi connectivity index (χ4n) is 2.27. The maximum absolute atomic E-state index is 12.4. The summed E-state index contributed by atoms with van der Waals surface area (Å²) < 4.78 is 1.48. The summed E-state index contributed by atoms with van der Waals surface area (Å²) in [5, 5.41) is 16.5. The van der Waals surface area contributed by atoms with Crippen LogP contribution in [0.4, 0.5) is 5.69 Å². The zero-order valence-corrected chi connectivity index (χ0v) is 12.2. The van der Waals surface area contributed by atoms with Gasteiger partial charge in [0.1, 0.15) is 5.69 Å². The monoisotopic (exact) mass is 288 g/mol. The number of nitrogens with one attached hydrogen (secondary N) is 1. The number of carbonyl (C=O) groups excluding carboxylic acids is 1. The van der Waals surface area contributed by atoms with Gasteiger partial charge >= 0.3 is 0 Å². The highest BCUT2D eigenvalue weighted by Gasteiger charge is 2.22.